The van der Waals surface area contributed by atoms with Crippen molar-refractivity contribution in [3.8, 4) is 0 Å². The van der Waals surface area contributed by atoms with E-state index in [1.165, 1.54) is 0 Å². The minimum absolute atomic E-state index is 0.539. The van der Waals surface area contributed by atoms with Gasteiger partial charge in [0.15, 0.2) is 0 Å². The average molecular weight is 242 g/mol. The summed E-state index contributed by atoms with van der Waals surface area (Å²) in [5, 5.41) is 3.60. The van der Waals surface area contributed by atoms with Crippen molar-refractivity contribution in [2.24, 2.45) is 11.8 Å². The lowest BCUT2D eigenvalue weighted by molar-refractivity contribution is -0.000386. The first-order valence-corrected chi connectivity index (χ1v) is 6.95. The van der Waals surface area contributed by atoms with Gasteiger partial charge in [0.25, 0.3) is 0 Å². The standard InChI is InChI=1S/C14H30N2O/c1-10(2)13-7-15-12(5)8-16(13)14(9-17-6)11(3)4/h10-15H,7-9H2,1-6H3. The van der Waals surface area contributed by atoms with Crippen LogP contribution in [0.25, 0.3) is 0 Å². The molecule has 0 radical (unpaired) electrons. The van der Waals surface area contributed by atoms with E-state index in [2.05, 4.69) is 44.8 Å². The van der Waals surface area contributed by atoms with Crippen LogP contribution in [-0.4, -0.2) is 49.8 Å². The third kappa shape index (κ3) is 3.94. The molecule has 1 aliphatic heterocycles. The molecule has 102 valence electrons. The predicted octanol–water partition coefficient (Wildman–Crippen LogP) is 1.98. The Balaban J connectivity index is 2.78. The largest absolute Gasteiger partial charge is 0.383 e. The molecule has 0 aromatic carbocycles. The third-order valence-electron chi connectivity index (χ3n) is 3.89. The van der Waals surface area contributed by atoms with Gasteiger partial charge < -0.3 is 10.1 Å². The molecule has 0 bridgehead atoms. The first-order valence-electron chi connectivity index (χ1n) is 6.95. The maximum atomic E-state index is 5.42. The average Bonchev–Trinajstić information content (AvgIpc) is 2.24. The van der Waals surface area contributed by atoms with Crippen LogP contribution in [0.15, 0.2) is 0 Å². The molecule has 1 fully saturated rings. The van der Waals surface area contributed by atoms with Crippen LogP contribution in [0.2, 0.25) is 0 Å². The Morgan fingerprint density at radius 3 is 2.41 bits per heavy atom. The zero-order chi connectivity index (χ0) is 13.0. The maximum Gasteiger partial charge on any atom is 0.0620 e. The van der Waals surface area contributed by atoms with E-state index in [1.807, 2.05) is 7.11 Å². The summed E-state index contributed by atoms with van der Waals surface area (Å²) in [5.74, 6) is 1.33. The number of methoxy groups -OCH3 is 1. The molecule has 0 aliphatic carbocycles. The Morgan fingerprint density at radius 2 is 1.94 bits per heavy atom. The van der Waals surface area contributed by atoms with Gasteiger partial charge in [-0.05, 0) is 18.8 Å². The van der Waals surface area contributed by atoms with E-state index >= 15 is 0 Å². The molecule has 3 heteroatoms. The number of piperazine rings is 1. The van der Waals surface area contributed by atoms with E-state index in [9.17, 15) is 0 Å². The smallest absolute Gasteiger partial charge is 0.0620 e. The van der Waals surface area contributed by atoms with Gasteiger partial charge in [-0.3, -0.25) is 4.90 Å². The van der Waals surface area contributed by atoms with Crippen molar-refractivity contribution >= 4 is 0 Å². The van der Waals surface area contributed by atoms with E-state index < -0.39 is 0 Å². The summed E-state index contributed by atoms with van der Waals surface area (Å²) in [5.41, 5.74) is 0. The SMILES string of the molecule is COCC(C(C)C)N1CC(C)NCC1C(C)C. The molecule has 3 nitrogen and oxygen atoms in total. The van der Waals surface area contributed by atoms with Crippen molar-refractivity contribution in [3.63, 3.8) is 0 Å². The van der Waals surface area contributed by atoms with E-state index in [0.29, 0.717) is 30.0 Å². The Morgan fingerprint density at radius 1 is 1.29 bits per heavy atom. The van der Waals surface area contributed by atoms with Crippen molar-refractivity contribution in [2.45, 2.75) is 52.7 Å². The Kier molecular flexibility index (Phi) is 5.90. The Bertz CT molecular complexity index is 218. The summed E-state index contributed by atoms with van der Waals surface area (Å²) < 4.78 is 5.42. The second-order valence-corrected chi connectivity index (χ2v) is 6.08. The van der Waals surface area contributed by atoms with E-state index in [0.717, 1.165) is 19.7 Å². The molecule has 0 amide bonds. The van der Waals surface area contributed by atoms with Crippen molar-refractivity contribution < 1.29 is 4.74 Å². The van der Waals surface area contributed by atoms with Crippen molar-refractivity contribution in [1.29, 1.82) is 0 Å². The minimum atomic E-state index is 0.539. The van der Waals surface area contributed by atoms with Crippen LogP contribution in [0, 0.1) is 11.8 Å². The van der Waals surface area contributed by atoms with E-state index in [1.54, 1.807) is 0 Å². The topological polar surface area (TPSA) is 24.5 Å². The number of hydrogen-bond donors (Lipinski definition) is 1. The normalized spacial score (nSPS) is 28.9. The van der Waals surface area contributed by atoms with E-state index in [4.69, 9.17) is 4.74 Å². The van der Waals surface area contributed by atoms with Crippen molar-refractivity contribution in [1.82, 2.24) is 10.2 Å². The van der Waals surface area contributed by atoms with Crippen molar-refractivity contribution in [3.05, 3.63) is 0 Å². The van der Waals surface area contributed by atoms with Gasteiger partial charge in [0.1, 0.15) is 0 Å². The van der Waals surface area contributed by atoms with Gasteiger partial charge >= 0.3 is 0 Å². The van der Waals surface area contributed by atoms with Gasteiger partial charge in [0.05, 0.1) is 6.61 Å². The lowest BCUT2D eigenvalue weighted by atomic mass is 9.93. The van der Waals surface area contributed by atoms with Crippen LogP contribution in [-0.2, 0) is 4.74 Å². The first kappa shape index (κ1) is 14.9. The molecule has 1 heterocycles. The molecular formula is C14H30N2O. The lowest BCUT2D eigenvalue weighted by Gasteiger charge is -2.47. The fourth-order valence-electron chi connectivity index (χ4n) is 2.80. The van der Waals surface area contributed by atoms with Gasteiger partial charge in [-0.2, -0.15) is 0 Å². The molecule has 3 atom stereocenters. The van der Waals surface area contributed by atoms with Crippen LogP contribution in [0.1, 0.15) is 34.6 Å². The summed E-state index contributed by atoms with van der Waals surface area (Å²) in [7, 11) is 1.81. The second kappa shape index (κ2) is 6.72. The molecular weight excluding hydrogens is 212 g/mol. The van der Waals surface area contributed by atoms with Gasteiger partial charge in [-0.25, -0.2) is 0 Å². The van der Waals surface area contributed by atoms with Gasteiger partial charge in [-0.15, -0.1) is 0 Å². The molecule has 3 unspecified atom stereocenters. The molecule has 1 saturated heterocycles. The highest BCUT2D eigenvalue weighted by Crippen LogP contribution is 2.22. The van der Waals surface area contributed by atoms with E-state index in [-0.39, 0.29) is 0 Å². The predicted molar refractivity (Wildman–Crippen MR) is 73.3 cm³/mol. The fourth-order valence-corrected chi connectivity index (χ4v) is 2.80. The molecule has 0 aromatic rings. The number of hydrogen-bond acceptors (Lipinski definition) is 3. The van der Waals surface area contributed by atoms with Gasteiger partial charge in [0, 0.05) is 38.3 Å². The van der Waals surface area contributed by atoms with Crippen LogP contribution in [0.5, 0.6) is 0 Å². The zero-order valence-corrected chi connectivity index (χ0v) is 12.4. The number of nitrogens with one attached hydrogen (secondary N) is 1. The van der Waals surface area contributed by atoms with Crippen LogP contribution >= 0.6 is 0 Å². The molecule has 1 aliphatic rings. The molecule has 17 heavy (non-hydrogen) atoms. The lowest BCUT2D eigenvalue weighted by Crippen LogP contribution is -2.62. The van der Waals surface area contributed by atoms with Crippen LogP contribution < -0.4 is 5.32 Å². The monoisotopic (exact) mass is 242 g/mol. The summed E-state index contributed by atoms with van der Waals surface area (Å²) in [6.07, 6.45) is 0. The molecule has 1 N–H and O–H groups in total. The number of nitrogens with zero attached hydrogens (tertiary/aromatic N) is 1. The molecule has 1 rings (SSSR count). The summed E-state index contributed by atoms with van der Waals surface area (Å²) in [6, 6.07) is 1.76. The second-order valence-electron chi connectivity index (χ2n) is 6.08. The molecule has 0 aromatic heterocycles. The van der Waals surface area contributed by atoms with Gasteiger partial charge in [0.2, 0.25) is 0 Å². The Hall–Kier alpha value is -0.120. The zero-order valence-electron chi connectivity index (χ0n) is 12.4. The minimum Gasteiger partial charge on any atom is -0.383 e. The summed E-state index contributed by atoms with van der Waals surface area (Å²) >= 11 is 0. The first-order chi connectivity index (χ1) is 7.97. The third-order valence-corrected chi connectivity index (χ3v) is 3.89. The Labute approximate surface area is 107 Å². The highest BCUT2D eigenvalue weighted by molar-refractivity contribution is 4.90. The fraction of sp³-hybridized carbons (Fsp3) is 1.00. The summed E-state index contributed by atoms with van der Waals surface area (Å²) in [4.78, 5) is 2.67. The van der Waals surface area contributed by atoms with Gasteiger partial charge in [-0.1, -0.05) is 27.7 Å². The molecule has 0 spiro atoms. The maximum absolute atomic E-state index is 5.42. The van der Waals surface area contributed by atoms with Crippen LogP contribution in [0.4, 0.5) is 0 Å². The quantitative estimate of drug-likeness (QED) is 0.798. The summed E-state index contributed by atoms with van der Waals surface area (Å²) in [6.45, 7) is 14.6. The number of rotatable bonds is 5. The van der Waals surface area contributed by atoms with Crippen molar-refractivity contribution in [2.75, 3.05) is 26.8 Å². The van der Waals surface area contributed by atoms with Crippen LogP contribution in [0.3, 0.4) is 0 Å². The number of ether oxygens (including phenoxy) is 1. The highest BCUT2D eigenvalue weighted by Gasteiger charge is 2.34. The molecule has 0 saturated carbocycles. The highest BCUT2D eigenvalue weighted by atomic mass is 16.5.